The van der Waals surface area contributed by atoms with Crippen molar-refractivity contribution in [3.63, 3.8) is 0 Å². The zero-order valence-corrected chi connectivity index (χ0v) is 10.9. The van der Waals surface area contributed by atoms with Gasteiger partial charge in [0.05, 0.1) is 14.5 Å². The lowest BCUT2D eigenvalue weighted by atomic mass is 10.5. The molecule has 1 atom stereocenters. The summed E-state index contributed by atoms with van der Waals surface area (Å²) in [4.78, 5) is 15.3. The van der Waals surface area contributed by atoms with Crippen LogP contribution in [0.25, 0.3) is 0 Å². The third-order valence-electron chi connectivity index (χ3n) is 1.95. The Morgan fingerprint density at radius 2 is 2.44 bits per heavy atom. The van der Waals surface area contributed by atoms with E-state index in [1.165, 1.54) is 6.20 Å². The molecule has 0 saturated carbocycles. The highest BCUT2D eigenvalue weighted by molar-refractivity contribution is 6.36. The van der Waals surface area contributed by atoms with Gasteiger partial charge in [-0.05, 0) is 12.5 Å². The molecular formula is C10H13ClN2O2Si. The smallest absolute Gasteiger partial charge is 0.391 e. The number of amides is 1. The van der Waals surface area contributed by atoms with Crippen LogP contribution < -0.4 is 10.1 Å². The van der Waals surface area contributed by atoms with Crippen molar-refractivity contribution in [1.29, 1.82) is 0 Å². The van der Waals surface area contributed by atoms with Crippen LogP contribution in [-0.4, -0.2) is 26.3 Å². The van der Waals surface area contributed by atoms with E-state index in [1.807, 2.05) is 13.5 Å². The average Bonchev–Trinajstić information content (AvgIpc) is 2.29. The molecule has 1 rings (SSSR count). The Labute approximate surface area is 102 Å². The normalized spacial score (nSPS) is 11.9. The Bertz CT molecular complexity index is 341. The molecule has 16 heavy (non-hydrogen) atoms. The minimum absolute atomic E-state index is 0.166. The summed E-state index contributed by atoms with van der Waals surface area (Å²) in [6.07, 6.45) is 1.84. The molecule has 0 aliphatic rings. The van der Waals surface area contributed by atoms with E-state index in [0.717, 1.165) is 6.42 Å². The molecule has 1 heterocycles. The van der Waals surface area contributed by atoms with Crippen LogP contribution >= 0.6 is 11.6 Å². The first-order valence-electron chi connectivity index (χ1n) is 4.93. The molecule has 86 valence electrons. The van der Waals surface area contributed by atoms with Gasteiger partial charge in [0.25, 0.3) is 0 Å². The van der Waals surface area contributed by atoms with Crippen molar-refractivity contribution in [2.75, 3.05) is 0 Å². The number of hydrogen-bond donors (Lipinski definition) is 1. The number of carbonyl (C=O) groups excluding carboxylic acids is 1. The lowest BCUT2D eigenvalue weighted by molar-refractivity contribution is 0.197. The van der Waals surface area contributed by atoms with Crippen LogP contribution in [0.4, 0.5) is 4.79 Å². The summed E-state index contributed by atoms with van der Waals surface area (Å²) in [6.45, 7) is 4.05. The maximum atomic E-state index is 11.4. The van der Waals surface area contributed by atoms with Gasteiger partial charge in [-0.2, -0.15) is 0 Å². The molecule has 1 aromatic heterocycles. The summed E-state index contributed by atoms with van der Waals surface area (Å²) in [7, 11) is 0.647. The topological polar surface area (TPSA) is 51.2 Å². The molecule has 0 aliphatic heterocycles. The van der Waals surface area contributed by atoms with E-state index < -0.39 is 6.09 Å². The number of rotatable bonds is 4. The predicted octanol–water partition coefficient (Wildman–Crippen LogP) is 2.31. The van der Waals surface area contributed by atoms with Crippen LogP contribution in [0.3, 0.4) is 0 Å². The Balaban J connectivity index is 2.48. The number of nitrogens with one attached hydrogen (secondary N) is 1. The van der Waals surface area contributed by atoms with Crippen LogP contribution in [0.2, 0.25) is 11.6 Å². The molecular weight excluding hydrogens is 244 g/mol. The van der Waals surface area contributed by atoms with Gasteiger partial charge in [-0.25, -0.2) is 9.78 Å². The number of hydrogen-bond acceptors (Lipinski definition) is 3. The largest absolute Gasteiger partial charge is 0.413 e. The second-order valence-corrected chi connectivity index (χ2v) is 4.81. The Morgan fingerprint density at radius 3 is 2.94 bits per heavy atom. The third-order valence-corrected chi connectivity index (χ3v) is 3.42. The van der Waals surface area contributed by atoms with Crippen LogP contribution in [0.5, 0.6) is 5.88 Å². The van der Waals surface area contributed by atoms with Gasteiger partial charge in [0.2, 0.25) is 5.88 Å². The van der Waals surface area contributed by atoms with Gasteiger partial charge in [-0.3, -0.25) is 0 Å². The molecule has 0 spiro atoms. The number of aromatic nitrogens is 1. The van der Waals surface area contributed by atoms with Gasteiger partial charge in [0, 0.05) is 17.9 Å². The molecule has 2 radical (unpaired) electrons. The highest BCUT2D eigenvalue weighted by Gasteiger charge is 2.10. The first-order chi connectivity index (χ1) is 7.65. The van der Waals surface area contributed by atoms with Crippen molar-refractivity contribution in [3.8, 4) is 5.88 Å². The van der Waals surface area contributed by atoms with Crippen molar-refractivity contribution in [2.45, 2.75) is 25.6 Å². The zero-order chi connectivity index (χ0) is 12.0. The summed E-state index contributed by atoms with van der Waals surface area (Å²) in [5.74, 6) is 0.246. The molecule has 0 fully saturated rings. The number of carbonyl (C=O) groups is 1. The second kappa shape index (κ2) is 6.50. The van der Waals surface area contributed by atoms with Crippen molar-refractivity contribution >= 4 is 27.2 Å². The van der Waals surface area contributed by atoms with E-state index in [4.69, 9.17) is 16.3 Å². The minimum Gasteiger partial charge on any atom is -0.391 e. The van der Waals surface area contributed by atoms with Crippen LogP contribution in [0, 0.1) is 0 Å². The third kappa shape index (κ3) is 4.20. The standard InChI is InChI=1S/C10H13ClN2O2Si/c1-3-9(16-2)13-10(14)15-8-5-4-7(11)6-12-8/h4-6,9H,3H2,1-2H3,(H,13,14). The number of pyridine rings is 1. The van der Waals surface area contributed by atoms with Gasteiger partial charge in [0.15, 0.2) is 0 Å². The minimum atomic E-state index is -0.476. The van der Waals surface area contributed by atoms with E-state index in [1.54, 1.807) is 12.1 Å². The molecule has 0 aromatic carbocycles. The van der Waals surface area contributed by atoms with Crippen LogP contribution in [-0.2, 0) is 0 Å². The molecule has 1 N–H and O–H groups in total. The lowest BCUT2D eigenvalue weighted by Crippen LogP contribution is -2.39. The summed E-state index contributed by atoms with van der Waals surface area (Å²) in [5.41, 5.74) is 0.166. The molecule has 1 unspecified atom stereocenters. The fourth-order valence-corrected chi connectivity index (χ4v) is 1.85. The first kappa shape index (κ1) is 13.0. The summed E-state index contributed by atoms with van der Waals surface area (Å²) in [6, 6.07) is 3.17. The molecule has 0 saturated heterocycles. The molecule has 1 aromatic rings. The van der Waals surface area contributed by atoms with Gasteiger partial charge >= 0.3 is 6.09 Å². The monoisotopic (exact) mass is 256 g/mol. The van der Waals surface area contributed by atoms with Gasteiger partial charge in [0.1, 0.15) is 0 Å². The first-order valence-corrected chi connectivity index (χ1v) is 6.88. The van der Waals surface area contributed by atoms with Crippen molar-refractivity contribution < 1.29 is 9.53 Å². The van der Waals surface area contributed by atoms with Gasteiger partial charge < -0.3 is 10.1 Å². The fraction of sp³-hybridized carbons (Fsp3) is 0.400. The van der Waals surface area contributed by atoms with Crippen molar-refractivity contribution in [3.05, 3.63) is 23.4 Å². The van der Waals surface area contributed by atoms with E-state index >= 15 is 0 Å². The Hall–Kier alpha value is -1.07. The number of ether oxygens (including phenoxy) is 1. The highest BCUT2D eigenvalue weighted by atomic mass is 35.5. The summed E-state index contributed by atoms with van der Waals surface area (Å²) in [5, 5.41) is 3.27. The quantitative estimate of drug-likeness (QED) is 0.841. The van der Waals surface area contributed by atoms with Gasteiger partial charge in [-0.15, -0.1) is 0 Å². The number of halogens is 1. The Morgan fingerprint density at radius 1 is 1.69 bits per heavy atom. The van der Waals surface area contributed by atoms with Crippen LogP contribution in [0.15, 0.2) is 18.3 Å². The van der Waals surface area contributed by atoms with E-state index in [0.29, 0.717) is 14.5 Å². The second-order valence-electron chi connectivity index (χ2n) is 3.10. The maximum absolute atomic E-state index is 11.4. The highest BCUT2D eigenvalue weighted by Crippen LogP contribution is 2.11. The van der Waals surface area contributed by atoms with Crippen molar-refractivity contribution in [1.82, 2.24) is 10.3 Å². The van der Waals surface area contributed by atoms with E-state index in [9.17, 15) is 4.79 Å². The average molecular weight is 257 g/mol. The molecule has 0 aliphatic carbocycles. The number of nitrogens with zero attached hydrogens (tertiary/aromatic N) is 1. The SMILES string of the molecule is CCC(NC(=O)Oc1ccc(Cl)cn1)[Si]C. The summed E-state index contributed by atoms with van der Waals surface area (Å²) >= 11 is 5.66. The van der Waals surface area contributed by atoms with E-state index in [2.05, 4.69) is 10.3 Å². The maximum Gasteiger partial charge on any atom is 0.413 e. The summed E-state index contributed by atoms with van der Waals surface area (Å²) < 4.78 is 4.99. The predicted molar refractivity (Wildman–Crippen MR) is 64.1 cm³/mol. The lowest BCUT2D eigenvalue weighted by Gasteiger charge is -2.13. The van der Waals surface area contributed by atoms with E-state index in [-0.39, 0.29) is 11.5 Å². The molecule has 6 heteroatoms. The van der Waals surface area contributed by atoms with Gasteiger partial charge in [-0.1, -0.05) is 25.1 Å². The van der Waals surface area contributed by atoms with Crippen molar-refractivity contribution in [2.24, 2.45) is 0 Å². The van der Waals surface area contributed by atoms with Crippen LogP contribution in [0.1, 0.15) is 13.3 Å². The Kier molecular flexibility index (Phi) is 5.28. The molecule has 1 amide bonds. The zero-order valence-electron chi connectivity index (χ0n) is 9.16. The fourth-order valence-electron chi connectivity index (χ4n) is 1.07. The molecule has 0 bridgehead atoms. The molecule has 4 nitrogen and oxygen atoms in total.